The highest BCUT2D eigenvalue weighted by atomic mass is 19.4. The number of nitriles is 1. The molecular weight excluding hydrogens is 361 g/mol. The highest BCUT2D eigenvalue weighted by Crippen LogP contribution is 2.31. The summed E-state index contributed by atoms with van der Waals surface area (Å²) >= 11 is 0. The molecule has 8 heteroatoms. The van der Waals surface area contributed by atoms with E-state index in [-0.39, 0.29) is 13.2 Å². The zero-order chi connectivity index (χ0) is 19.4. The molecule has 1 amide bonds. The number of ether oxygens (including phenoxy) is 2. The average molecular weight is 376 g/mol. The summed E-state index contributed by atoms with van der Waals surface area (Å²) in [5.41, 5.74) is 0.858. The first-order valence-electron chi connectivity index (χ1n) is 8.09. The van der Waals surface area contributed by atoms with Crippen LogP contribution in [0.5, 0.6) is 11.5 Å². The van der Waals surface area contributed by atoms with Crippen molar-refractivity contribution < 1.29 is 27.4 Å². The SMILES string of the molecule is N#Cc1ccc(CN(CC(F)(F)F)C(=O)C2COc3ccccc3O2)cc1. The first-order chi connectivity index (χ1) is 12.9. The fourth-order valence-electron chi connectivity index (χ4n) is 2.68. The zero-order valence-electron chi connectivity index (χ0n) is 14.1. The van der Waals surface area contributed by atoms with Crippen LogP contribution in [0.3, 0.4) is 0 Å². The third-order valence-electron chi connectivity index (χ3n) is 3.92. The lowest BCUT2D eigenvalue weighted by atomic mass is 10.1. The monoisotopic (exact) mass is 376 g/mol. The van der Waals surface area contributed by atoms with Crippen molar-refractivity contribution >= 4 is 5.91 Å². The lowest BCUT2D eigenvalue weighted by molar-refractivity contribution is -0.168. The van der Waals surface area contributed by atoms with Gasteiger partial charge in [-0.05, 0) is 29.8 Å². The van der Waals surface area contributed by atoms with Gasteiger partial charge in [0, 0.05) is 6.54 Å². The average Bonchev–Trinajstić information content (AvgIpc) is 2.66. The minimum atomic E-state index is -4.56. The molecule has 3 rings (SSSR count). The zero-order valence-corrected chi connectivity index (χ0v) is 14.1. The molecule has 1 aliphatic heterocycles. The molecule has 0 N–H and O–H groups in total. The summed E-state index contributed by atoms with van der Waals surface area (Å²) in [5, 5.41) is 8.81. The summed E-state index contributed by atoms with van der Waals surface area (Å²) in [4.78, 5) is 13.4. The van der Waals surface area contributed by atoms with E-state index in [1.54, 1.807) is 24.3 Å². The van der Waals surface area contributed by atoms with E-state index in [4.69, 9.17) is 14.7 Å². The summed E-state index contributed by atoms with van der Waals surface area (Å²) in [6, 6.07) is 14.6. The van der Waals surface area contributed by atoms with E-state index < -0.39 is 24.7 Å². The molecule has 0 fully saturated rings. The van der Waals surface area contributed by atoms with Gasteiger partial charge in [-0.15, -0.1) is 0 Å². The smallest absolute Gasteiger partial charge is 0.406 e. The van der Waals surface area contributed by atoms with Gasteiger partial charge in [-0.2, -0.15) is 18.4 Å². The molecule has 1 unspecified atom stereocenters. The number of halogens is 3. The number of rotatable bonds is 4. The van der Waals surface area contributed by atoms with E-state index in [1.165, 1.54) is 24.3 Å². The number of fused-ring (bicyclic) bond motifs is 1. The predicted molar refractivity (Wildman–Crippen MR) is 89.0 cm³/mol. The van der Waals surface area contributed by atoms with Gasteiger partial charge >= 0.3 is 6.18 Å². The molecule has 0 spiro atoms. The van der Waals surface area contributed by atoms with E-state index in [1.807, 2.05) is 6.07 Å². The normalized spacial score (nSPS) is 15.7. The Labute approximate surface area is 153 Å². The summed E-state index contributed by atoms with van der Waals surface area (Å²) < 4.78 is 49.9. The number of carbonyl (C=O) groups is 1. The maximum absolute atomic E-state index is 13.0. The molecule has 5 nitrogen and oxygen atoms in total. The maximum atomic E-state index is 13.0. The molecule has 1 atom stereocenters. The summed E-state index contributed by atoms with van der Waals surface area (Å²) in [5.74, 6) is -0.0605. The molecule has 0 radical (unpaired) electrons. The van der Waals surface area contributed by atoms with E-state index in [0.29, 0.717) is 27.5 Å². The van der Waals surface area contributed by atoms with Gasteiger partial charge in [-0.3, -0.25) is 4.79 Å². The van der Waals surface area contributed by atoms with Crippen LogP contribution in [0.1, 0.15) is 11.1 Å². The van der Waals surface area contributed by atoms with Gasteiger partial charge in [0.1, 0.15) is 13.2 Å². The van der Waals surface area contributed by atoms with E-state index in [2.05, 4.69) is 0 Å². The standard InChI is InChI=1S/C19H15F3N2O3/c20-19(21,22)12-24(10-14-7-5-13(9-23)6-8-14)18(25)17-11-26-15-3-1-2-4-16(15)27-17/h1-8,17H,10-12H2. The molecule has 27 heavy (non-hydrogen) atoms. The molecule has 0 bridgehead atoms. The van der Waals surface area contributed by atoms with E-state index >= 15 is 0 Å². The van der Waals surface area contributed by atoms with Crippen molar-refractivity contribution in [3.63, 3.8) is 0 Å². The van der Waals surface area contributed by atoms with Crippen LogP contribution in [-0.4, -0.2) is 36.2 Å². The van der Waals surface area contributed by atoms with Gasteiger partial charge in [0.05, 0.1) is 11.6 Å². The minimum Gasteiger partial charge on any atom is -0.485 e. The molecule has 1 aliphatic rings. The van der Waals surface area contributed by atoms with Gasteiger partial charge in [0.2, 0.25) is 6.10 Å². The third kappa shape index (κ3) is 4.70. The first-order valence-corrected chi connectivity index (χ1v) is 8.09. The molecule has 0 saturated heterocycles. The second kappa shape index (κ2) is 7.58. The Balaban J connectivity index is 1.78. The Hall–Kier alpha value is -3.21. The Morgan fingerprint density at radius 2 is 1.81 bits per heavy atom. The molecule has 2 aromatic rings. The van der Waals surface area contributed by atoms with E-state index in [0.717, 1.165) is 0 Å². The van der Waals surface area contributed by atoms with Gasteiger partial charge < -0.3 is 14.4 Å². The van der Waals surface area contributed by atoms with Crippen LogP contribution in [0, 0.1) is 11.3 Å². The Morgan fingerprint density at radius 3 is 2.44 bits per heavy atom. The molecule has 0 aliphatic carbocycles. The first kappa shape index (κ1) is 18.6. The summed E-state index contributed by atoms with van der Waals surface area (Å²) in [7, 11) is 0. The molecular formula is C19H15F3N2O3. The van der Waals surface area contributed by atoms with Crippen molar-refractivity contribution in [1.82, 2.24) is 4.90 Å². The van der Waals surface area contributed by atoms with Crippen LogP contribution in [0.2, 0.25) is 0 Å². The van der Waals surface area contributed by atoms with Gasteiger partial charge in [-0.1, -0.05) is 24.3 Å². The van der Waals surface area contributed by atoms with Crippen molar-refractivity contribution in [3.8, 4) is 17.6 Å². The quantitative estimate of drug-likeness (QED) is 0.822. The number of para-hydroxylation sites is 2. The second-order valence-electron chi connectivity index (χ2n) is 5.98. The highest BCUT2D eigenvalue weighted by Gasteiger charge is 2.37. The third-order valence-corrected chi connectivity index (χ3v) is 3.92. The molecule has 0 saturated carbocycles. The summed E-state index contributed by atoms with van der Waals surface area (Å²) in [6.45, 7) is -1.84. The van der Waals surface area contributed by atoms with Crippen molar-refractivity contribution in [2.75, 3.05) is 13.2 Å². The summed E-state index contributed by atoms with van der Waals surface area (Å²) in [6.07, 6.45) is -5.73. The van der Waals surface area contributed by atoms with Crippen molar-refractivity contribution in [2.24, 2.45) is 0 Å². The molecule has 2 aromatic carbocycles. The number of hydrogen-bond acceptors (Lipinski definition) is 4. The minimum absolute atomic E-state index is 0.169. The number of amides is 1. The van der Waals surface area contributed by atoms with Crippen LogP contribution in [0.25, 0.3) is 0 Å². The van der Waals surface area contributed by atoms with Gasteiger partial charge in [-0.25, -0.2) is 0 Å². The second-order valence-corrected chi connectivity index (χ2v) is 5.98. The largest absolute Gasteiger partial charge is 0.485 e. The Kier molecular flexibility index (Phi) is 5.21. The lowest BCUT2D eigenvalue weighted by Gasteiger charge is -2.31. The number of nitrogens with zero attached hydrogens (tertiary/aromatic N) is 2. The molecule has 0 aromatic heterocycles. The van der Waals surface area contributed by atoms with Crippen LogP contribution < -0.4 is 9.47 Å². The predicted octanol–water partition coefficient (Wildman–Crippen LogP) is 3.29. The number of carbonyl (C=O) groups excluding carboxylic acids is 1. The molecule has 140 valence electrons. The van der Waals surface area contributed by atoms with Crippen molar-refractivity contribution in [1.29, 1.82) is 5.26 Å². The van der Waals surface area contributed by atoms with Crippen LogP contribution in [0.15, 0.2) is 48.5 Å². The Morgan fingerprint density at radius 1 is 1.15 bits per heavy atom. The highest BCUT2D eigenvalue weighted by molar-refractivity contribution is 5.82. The van der Waals surface area contributed by atoms with Crippen LogP contribution in [-0.2, 0) is 11.3 Å². The van der Waals surface area contributed by atoms with Crippen LogP contribution >= 0.6 is 0 Å². The topological polar surface area (TPSA) is 62.6 Å². The van der Waals surface area contributed by atoms with Crippen molar-refractivity contribution in [2.45, 2.75) is 18.8 Å². The molecule has 1 heterocycles. The fraction of sp³-hybridized carbons (Fsp3) is 0.263. The van der Waals surface area contributed by atoms with E-state index in [9.17, 15) is 18.0 Å². The van der Waals surface area contributed by atoms with Crippen LogP contribution in [0.4, 0.5) is 13.2 Å². The number of alkyl halides is 3. The lowest BCUT2D eigenvalue weighted by Crippen LogP contribution is -2.48. The van der Waals surface area contributed by atoms with Gasteiger partial charge in [0.25, 0.3) is 5.91 Å². The Bertz CT molecular complexity index is 860. The number of benzene rings is 2. The maximum Gasteiger partial charge on any atom is 0.406 e. The van der Waals surface area contributed by atoms with Crippen molar-refractivity contribution in [3.05, 3.63) is 59.7 Å². The van der Waals surface area contributed by atoms with Gasteiger partial charge in [0.15, 0.2) is 11.5 Å². The number of hydrogen-bond donors (Lipinski definition) is 0. The fourth-order valence-corrected chi connectivity index (χ4v) is 2.68.